The lowest BCUT2D eigenvalue weighted by molar-refractivity contribution is 0.00578. The van der Waals surface area contributed by atoms with Crippen molar-refractivity contribution in [2.75, 3.05) is 26.2 Å². The molecule has 2 N–H and O–H groups in total. The summed E-state index contributed by atoms with van der Waals surface area (Å²) in [5.41, 5.74) is 5.21. The van der Waals surface area contributed by atoms with E-state index in [0.29, 0.717) is 31.5 Å². The molecule has 10 heteroatoms. The van der Waals surface area contributed by atoms with Crippen molar-refractivity contribution in [2.45, 2.75) is 55.7 Å². The third-order valence-electron chi connectivity index (χ3n) is 5.54. The molecule has 0 saturated carbocycles. The first-order valence-electron chi connectivity index (χ1n) is 8.91. The van der Waals surface area contributed by atoms with Gasteiger partial charge in [-0.05, 0) is 40.7 Å². The fraction of sp³-hybridized carbons (Fsp3) is 0.750. The van der Waals surface area contributed by atoms with Crippen LogP contribution in [-0.4, -0.2) is 73.0 Å². The van der Waals surface area contributed by atoms with Crippen molar-refractivity contribution in [1.29, 1.82) is 0 Å². The van der Waals surface area contributed by atoms with Crippen molar-refractivity contribution in [2.24, 2.45) is 5.73 Å². The van der Waals surface area contributed by atoms with E-state index in [-0.39, 0.29) is 5.16 Å². The molecule has 2 saturated heterocycles. The van der Waals surface area contributed by atoms with Crippen LogP contribution in [0.5, 0.6) is 0 Å². The summed E-state index contributed by atoms with van der Waals surface area (Å²) < 4.78 is 37.4. The normalized spacial score (nSPS) is 25.7. The zero-order valence-corrected chi connectivity index (χ0v) is 16.6. The third-order valence-corrected chi connectivity index (χ3v) is 7.52. The highest BCUT2D eigenvalue weighted by Crippen LogP contribution is 2.36. The van der Waals surface area contributed by atoms with Crippen LogP contribution < -0.4 is 11.2 Å². The van der Waals surface area contributed by atoms with Gasteiger partial charge in [-0.3, -0.25) is 0 Å². The van der Waals surface area contributed by atoms with Gasteiger partial charge in [0, 0.05) is 37.5 Å². The second-order valence-electron chi connectivity index (χ2n) is 7.93. The molecule has 2 aliphatic rings. The predicted molar refractivity (Wildman–Crippen MR) is 98.8 cm³/mol. The second kappa shape index (κ2) is 6.83. The Morgan fingerprint density at radius 2 is 1.81 bits per heavy atom. The van der Waals surface area contributed by atoms with Crippen LogP contribution in [0.2, 0.25) is 0 Å². The smallest absolute Gasteiger partial charge is 0.399 e. The molecule has 0 aromatic carbocycles. The minimum Gasteiger partial charge on any atom is -0.399 e. The van der Waals surface area contributed by atoms with Gasteiger partial charge in [0.2, 0.25) is 15.0 Å². The number of rotatable bonds is 5. The summed E-state index contributed by atoms with van der Waals surface area (Å²) in [6.45, 7) is 10.3. The van der Waals surface area contributed by atoms with Gasteiger partial charge in [0.25, 0.3) is 0 Å². The third kappa shape index (κ3) is 3.53. The summed E-state index contributed by atoms with van der Waals surface area (Å²) in [7, 11) is -4.17. The van der Waals surface area contributed by atoms with E-state index in [1.54, 1.807) is 0 Å². The molecular formula is C16H27BN4O4S. The minimum absolute atomic E-state index is 0.141. The van der Waals surface area contributed by atoms with Crippen LogP contribution in [0.4, 0.5) is 0 Å². The van der Waals surface area contributed by atoms with Crippen LogP contribution in [0.15, 0.2) is 17.6 Å². The summed E-state index contributed by atoms with van der Waals surface area (Å²) >= 11 is 0. The summed E-state index contributed by atoms with van der Waals surface area (Å²) in [6.07, 6.45) is 3.54. The highest BCUT2D eigenvalue weighted by atomic mass is 32.2. The van der Waals surface area contributed by atoms with Crippen molar-refractivity contribution >= 4 is 22.4 Å². The maximum atomic E-state index is 12.8. The van der Waals surface area contributed by atoms with E-state index in [4.69, 9.17) is 15.0 Å². The minimum atomic E-state index is -3.56. The molecule has 2 aliphatic heterocycles. The van der Waals surface area contributed by atoms with Gasteiger partial charge in [0.05, 0.1) is 16.5 Å². The van der Waals surface area contributed by atoms with E-state index >= 15 is 0 Å². The Hall–Kier alpha value is -1.07. The Bertz CT molecular complexity index is 738. The van der Waals surface area contributed by atoms with Crippen molar-refractivity contribution < 1.29 is 17.7 Å². The molecule has 8 nitrogen and oxygen atoms in total. The van der Waals surface area contributed by atoms with Gasteiger partial charge in [-0.1, -0.05) is 0 Å². The zero-order valence-electron chi connectivity index (χ0n) is 15.8. The highest BCUT2D eigenvalue weighted by molar-refractivity contribution is 7.91. The van der Waals surface area contributed by atoms with Gasteiger partial charge in [-0.2, -0.15) is 0 Å². The van der Waals surface area contributed by atoms with E-state index in [0.717, 1.165) is 6.54 Å². The molecule has 1 aromatic rings. The van der Waals surface area contributed by atoms with E-state index in [1.165, 1.54) is 12.4 Å². The number of nitrogens with two attached hydrogens (primary N) is 1. The molecule has 0 radical (unpaired) electrons. The number of hydrogen-bond donors (Lipinski definition) is 1. The Kier molecular flexibility index (Phi) is 5.17. The lowest BCUT2D eigenvalue weighted by atomic mass is 9.81. The first-order chi connectivity index (χ1) is 12.1. The maximum Gasteiger partial charge on any atom is 0.498 e. The molecule has 0 bridgehead atoms. The Labute approximate surface area is 155 Å². The van der Waals surface area contributed by atoms with Crippen LogP contribution in [0.25, 0.3) is 0 Å². The summed E-state index contributed by atoms with van der Waals surface area (Å²) in [5.74, 6) is 0. The fourth-order valence-corrected chi connectivity index (χ4v) is 4.68. The number of sulfone groups is 1. The monoisotopic (exact) mass is 382 g/mol. The molecule has 0 spiro atoms. The van der Waals surface area contributed by atoms with Gasteiger partial charge >= 0.3 is 7.12 Å². The largest absolute Gasteiger partial charge is 0.498 e. The van der Waals surface area contributed by atoms with Gasteiger partial charge in [-0.15, -0.1) is 0 Å². The number of aromatic nitrogens is 2. The first-order valence-corrected chi connectivity index (χ1v) is 10.5. The lowest BCUT2D eigenvalue weighted by Crippen LogP contribution is -2.41. The predicted octanol–water partition coefficient (Wildman–Crippen LogP) is -0.417. The molecule has 1 atom stereocenters. The Balaban J connectivity index is 1.74. The number of likely N-dealkylation sites (tertiary alicyclic amines) is 1. The molecular weight excluding hydrogens is 355 g/mol. The molecule has 0 aliphatic carbocycles. The first kappa shape index (κ1) is 19.7. The van der Waals surface area contributed by atoms with Gasteiger partial charge in [0.15, 0.2) is 0 Å². The SMILES string of the molecule is CC1(C)OB(c2cnc(S(=O)(=O)[C@@H]3CCN(CCN)C3)nc2)OC1(C)C. The molecule has 144 valence electrons. The number of hydrogen-bond acceptors (Lipinski definition) is 8. The van der Waals surface area contributed by atoms with E-state index < -0.39 is 33.4 Å². The summed E-state index contributed by atoms with van der Waals surface area (Å²) in [4.78, 5) is 10.3. The fourth-order valence-electron chi connectivity index (χ4n) is 3.16. The summed E-state index contributed by atoms with van der Waals surface area (Å²) in [6, 6.07) is 0. The van der Waals surface area contributed by atoms with Crippen molar-refractivity contribution in [3.63, 3.8) is 0 Å². The van der Waals surface area contributed by atoms with Crippen LogP contribution >= 0.6 is 0 Å². The Morgan fingerprint density at radius 3 is 2.35 bits per heavy atom. The topological polar surface area (TPSA) is 108 Å². The van der Waals surface area contributed by atoms with Gasteiger partial charge in [-0.25, -0.2) is 18.4 Å². The molecule has 3 heterocycles. The van der Waals surface area contributed by atoms with Crippen LogP contribution in [-0.2, 0) is 19.1 Å². The highest BCUT2D eigenvalue weighted by Gasteiger charge is 2.52. The van der Waals surface area contributed by atoms with Crippen molar-refractivity contribution in [3.05, 3.63) is 12.4 Å². The quantitative estimate of drug-likeness (QED) is 0.541. The molecule has 26 heavy (non-hydrogen) atoms. The van der Waals surface area contributed by atoms with Crippen molar-refractivity contribution in [1.82, 2.24) is 14.9 Å². The molecule has 3 rings (SSSR count). The van der Waals surface area contributed by atoms with Crippen LogP contribution in [0, 0.1) is 0 Å². The zero-order chi connectivity index (χ0) is 19.2. The summed E-state index contributed by atoms with van der Waals surface area (Å²) in [5, 5.41) is -0.630. The van der Waals surface area contributed by atoms with Gasteiger partial charge < -0.3 is 19.9 Å². The van der Waals surface area contributed by atoms with E-state index in [2.05, 4.69) is 14.9 Å². The van der Waals surface area contributed by atoms with Crippen molar-refractivity contribution in [3.8, 4) is 0 Å². The van der Waals surface area contributed by atoms with Crippen LogP contribution in [0.3, 0.4) is 0 Å². The lowest BCUT2D eigenvalue weighted by Gasteiger charge is -2.32. The molecule has 0 unspecified atom stereocenters. The van der Waals surface area contributed by atoms with Gasteiger partial charge in [0.1, 0.15) is 0 Å². The maximum absolute atomic E-state index is 12.8. The second-order valence-corrected chi connectivity index (χ2v) is 10.1. The molecule has 0 amide bonds. The van der Waals surface area contributed by atoms with Crippen LogP contribution in [0.1, 0.15) is 34.1 Å². The van der Waals surface area contributed by atoms with E-state index in [1.807, 2.05) is 27.7 Å². The molecule has 1 aromatic heterocycles. The average molecular weight is 382 g/mol. The van der Waals surface area contributed by atoms with E-state index in [9.17, 15) is 8.42 Å². The molecule has 2 fully saturated rings. The number of nitrogens with zero attached hydrogens (tertiary/aromatic N) is 3. The average Bonchev–Trinajstić information content (AvgIpc) is 3.11. The Morgan fingerprint density at radius 1 is 1.23 bits per heavy atom. The standard InChI is InChI=1S/C16H27BN4O4S/c1-15(2)16(3,4)25-17(24-15)12-9-19-14(20-10-12)26(22,23)13-5-7-21(11-13)8-6-18/h9-10,13H,5-8,11,18H2,1-4H3/t13-/m1/s1.